The van der Waals surface area contributed by atoms with Crippen LogP contribution in [0.25, 0.3) is 0 Å². The summed E-state index contributed by atoms with van der Waals surface area (Å²) in [7, 11) is 0. The molecule has 0 heterocycles. The molecule has 2 atom stereocenters. The maximum atomic E-state index is 13.6. The van der Waals surface area contributed by atoms with E-state index in [1.54, 1.807) is 13.0 Å². The number of hydrogen-bond acceptors (Lipinski definition) is 2. The van der Waals surface area contributed by atoms with Crippen LogP contribution in [0.2, 0.25) is 0 Å². The van der Waals surface area contributed by atoms with Crippen LogP contribution in [0.1, 0.15) is 38.3 Å². The van der Waals surface area contributed by atoms with Crippen molar-refractivity contribution in [2.75, 3.05) is 6.61 Å². The molecule has 0 saturated carbocycles. The molecule has 1 aromatic rings. The fourth-order valence-electron chi connectivity index (χ4n) is 1.80. The average molecular weight is 239 g/mol. The molecule has 0 amide bonds. The van der Waals surface area contributed by atoms with Gasteiger partial charge in [0.1, 0.15) is 5.82 Å². The molecular weight excluding hydrogens is 217 g/mol. The summed E-state index contributed by atoms with van der Waals surface area (Å²) in [5.41, 5.74) is 0.810. The number of aryl methyl sites for hydroxylation is 1. The topological polar surface area (TPSA) is 32.3 Å². The summed E-state index contributed by atoms with van der Waals surface area (Å²) in [5, 5.41) is 12.9. The van der Waals surface area contributed by atoms with Gasteiger partial charge in [0.2, 0.25) is 0 Å². The van der Waals surface area contributed by atoms with E-state index in [-0.39, 0.29) is 18.5 Å². The molecule has 17 heavy (non-hydrogen) atoms. The number of hydrogen-bond donors (Lipinski definition) is 2. The lowest BCUT2D eigenvalue weighted by atomic mass is 9.91. The van der Waals surface area contributed by atoms with Crippen molar-refractivity contribution in [1.29, 1.82) is 0 Å². The van der Waals surface area contributed by atoms with E-state index in [0.29, 0.717) is 5.56 Å². The predicted octanol–water partition coefficient (Wildman–Crippen LogP) is 2.73. The number of rotatable bonds is 5. The quantitative estimate of drug-likeness (QED) is 0.828. The summed E-state index contributed by atoms with van der Waals surface area (Å²) in [5.74, 6) is -0.229. The van der Waals surface area contributed by atoms with Crippen LogP contribution in [0.3, 0.4) is 0 Å². The van der Waals surface area contributed by atoms with Gasteiger partial charge in [-0.05, 0) is 44.4 Å². The van der Waals surface area contributed by atoms with Crippen molar-refractivity contribution >= 4 is 0 Å². The van der Waals surface area contributed by atoms with Gasteiger partial charge in [-0.25, -0.2) is 4.39 Å². The Bertz CT molecular complexity index is 380. The first kappa shape index (κ1) is 14.1. The highest BCUT2D eigenvalue weighted by Gasteiger charge is 2.27. The zero-order valence-electron chi connectivity index (χ0n) is 11.0. The molecule has 0 saturated heterocycles. The van der Waals surface area contributed by atoms with Crippen molar-refractivity contribution in [3.63, 3.8) is 0 Å². The fraction of sp³-hybridized carbons (Fsp3) is 0.571. The summed E-state index contributed by atoms with van der Waals surface area (Å²) >= 11 is 0. The molecule has 2 unspecified atom stereocenters. The molecule has 2 N–H and O–H groups in total. The zero-order valence-corrected chi connectivity index (χ0v) is 11.0. The monoisotopic (exact) mass is 239 g/mol. The third kappa shape index (κ3) is 3.27. The molecule has 96 valence electrons. The Hall–Kier alpha value is -0.930. The minimum atomic E-state index is -0.593. The largest absolute Gasteiger partial charge is 0.394 e. The first-order valence-corrected chi connectivity index (χ1v) is 6.08. The lowest BCUT2D eigenvalue weighted by Gasteiger charge is -2.32. The van der Waals surface area contributed by atoms with Crippen molar-refractivity contribution in [3.8, 4) is 0 Å². The van der Waals surface area contributed by atoms with E-state index in [1.165, 1.54) is 6.07 Å². The Labute approximate surface area is 103 Å². The molecule has 1 aromatic carbocycles. The van der Waals surface area contributed by atoms with Gasteiger partial charge in [-0.15, -0.1) is 0 Å². The van der Waals surface area contributed by atoms with Crippen LogP contribution in [-0.4, -0.2) is 17.8 Å². The first-order valence-electron chi connectivity index (χ1n) is 6.08. The SMILES string of the molecule is CCC(C)NC(C)(CO)c1ccc(C)c(F)c1. The van der Waals surface area contributed by atoms with Gasteiger partial charge in [0.15, 0.2) is 0 Å². The molecule has 0 aliphatic carbocycles. The van der Waals surface area contributed by atoms with Gasteiger partial charge in [0, 0.05) is 6.04 Å². The van der Waals surface area contributed by atoms with Crippen LogP contribution in [0, 0.1) is 12.7 Å². The number of aliphatic hydroxyl groups is 1. The molecule has 0 aliphatic heterocycles. The second kappa shape index (κ2) is 5.61. The maximum Gasteiger partial charge on any atom is 0.126 e. The molecule has 0 fully saturated rings. The maximum absolute atomic E-state index is 13.6. The zero-order chi connectivity index (χ0) is 13.1. The summed E-state index contributed by atoms with van der Waals surface area (Å²) in [6, 6.07) is 5.39. The minimum Gasteiger partial charge on any atom is -0.394 e. The standard InChI is InChI=1S/C14H22FNO/c1-5-11(3)16-14(4,9-17)12-7-6-10(2)13(15)8-12/h6-8,11,16-17H,5,9H2,1-4H3. The van der Waals surface area contributed by atoms with Gasteiger partial charge in [-0.2, -0.15) is 0 Å². The molecule has 0 aromatic heterocycles. The van der Waals surface area contributed by atoms with Crippen LogP contribution in [0.5, 0.6) is 0 Å². The highest BCUT2D eigenvalue weighted by atomic mass is 19.1. The van der Waals surface area contributed by atoms with E-state index in [0.717, 1.165) is 12.0 Å². The molecule has 2 nitrogen and oxygen atoms in total. The second-order valence-corrected chi connectivity index (χ2v) is 4.91. The minimum absolute atomic E-state index is 0.0557. The van der Waals surface area contributed by atoms with Gasteiger partial charge < -0.3 is 10.4 Å². The molecule has 0 spiro atoms. The third-order valence-corrected chi connectivity index (χ3v) is 3.30. The van der Waals surface area contributed by atoms with E-state index >= 15 is 0 Å². The summed E-state index contributed by atoms with van der Waals surface area (Å²) in [6.45, 7) is 7.70. The van der Waals surface area contributed by atoms with E-state index in [1.807, 2.05) is 13.0 Å². The molecular formula is C14H22FNO. The van der Waals surface area contributed by atoms with Crippen LogP contribution in [0.4, 0.5) is 4.39 Å². The Balaban J connectivity index is 3.02. The molecule has 0 radical (unpaired) electrons. The van der Waals surface area contributed by atoms with E-state index in [4.69, 9.17) is 0 Å². The van der Waals surface area contributed by atoms with Gasteiger partial charge in [-0.1, -0.05) is 19.1 Å². The summed E-state index contributed by atoms with van der Waals surface area (Å²) < 4.78 is 13.6. The number of nitrogens with one attached hydrogen (secondary N) is 1. The van der Waals surface area contributed by atoms with Gasteiger partial charge in [0.25, 0.3) is 0 Å². The normalized spacial score (nSPS) is 16.6. The van der Waals surface area contributed by atoms with Crippen molar-refractivity contribution in [2.45, 2.75) is 45.7 Å². The van der Waals surface area contributed by atoms with Crippen molar-refractivity contribution in [2.24, 2.45) is 0 Å². The molecule has 0 bridgehead atoms. The van der Waals surface area contributed by atoms with E-state index in [9.17, 15) is 9.50 Å². The van der Waals surface area contributed by atoms with Crippen molar-refractivity contribution in [1.82, 2.24) is 5.32 Å². The van der Waals surface area contributed by atoms with E-state index in [2.05, 4.69) is 19.2 Å². The Kier molecular flexibility index (Phi) is 4.66. The van der Waals surface area contributed by atoms with Crippen LogP contribution in [0.15, 0.2) is 18.2 Å². The van der Waals surface area contributed by atoms with Crippen LogP contribution < -0.4 is 5.32 Å². The lowest BCUT2D eigenvalue weighted by molar-refractivity contribution is 0.162. The van der Waals surface area contributed by atoms with E-state index < -0.39 is 5.54 Å². The molecule has 3 heteroatoms. The van der Waals surface area contributed by atoms with Crippen LogP contribution in [-0.2, 0) is 5.54 Å². The summed E-state index contributed by atoms with van der Waals surface area (Å²) in [4.78, 5) is 0. The first-order chi connectivity index (χ1) is 7.92. The summed E-state index contributed by atoms with van der Waals surface area (Å²) in [6.07, 6.45) is 0.962. The third-order valence-electron chi connectivity index (χ3n) is 3.30. The van der Waals surface area contributed by atoms with Gasteiger partial charge >= 0.3 is 0 Å². The smallest absolute Gasteiger partial charge is 0.126 e. The number of benzene rings is 1. The molecule has 1 rings (SSSR count). The second-order valence-electron chi connectivity index (χ2n) is 4.91. The highest BCUT2D eigenvalue weighted by Crippen LogP contribution is 2.23. The highest BCUT2D eigenvalue weighted by molar-refractivity contribution is 5.29. The fourth-order valence-corrected chi connectivity index (χ4v) is 1.80. The average Bonchev–Trinajstić information content (AvgIpc) is 2.32. The van der Waals surface area contributed by atoms with Crippen molar-refractivity contribution < 1.29 is 9.50 Å². The van der Waals surface area contributed by atoms with Crippen LogP contribution >= 0.6 is 0 Å². The van der Waals surface area contributed by atoms with Gasteiger partial charge in [0.05, 0.1) is 12.1 Å². The van der Waals surface area contributed by atoms with Crippen molar-refractivity contribution in [3.05, 3.63) is 35.1 Å². The number of aliphatic hydroxyl groups excluding tert-OH is 1. The predicted molar refractivity (Wildman–Crippen MR) is 68.5 cm³/mol. The Morgan fingerprint density at radius 1 is 1.47 bits per heavy atom. The lowest BCUT2D eigenvalue weighted by Crippen LogP contribution is -2.47. The number of halogens is 1. The molecule has 0 aliphatic rings. The Morgan fingerprint density at radius 3 is 2.59 bits per heavy atom. The Morgan fingerprint density at radius 2 is 2.12 bits per heavy atom. The van der Waals surface area contributed by atoms with Gasteiger partial charge in [-0.3, -0.25) is 0 Å².